The molecule has 2 N–H and O–H groups in total. The first-order valence-corrected chi connectivity index (χ1v) is 7.51. The van der Waals surface area contributed by atoms with Crippen LogP contribution in [0.25, 0.3) is 0 Å². The van der Waals surface area contributed by atoms with Crippen LogP contribution in [0, 0.1) is 17.8 Å². The molecular weight excluding hydrogens is 258 g/mol. The van der Waals surface area contributed by atoms with Gasteiger partial charge in [0.15, 0.2) is 0 Å². The average Bonchev–Trinajstić information content (AvgIpc) is 2.96. The molecular formula is C15H17NO2S. The van der Waals surface area contributed by atoms with Crippen LogP contribution in [-0.2, 0) is 0 Å². The highest BCUT2D eigenvalue weighted by atomic mass is 32.2. The van der Waals surface area contributed by atoms with Crippen molar-refractivity contribution in [3.8, 4) is 11.8 Å². The van der Waals surface area contributed by atoms with Crippen LogP contribution in [0.5, 0.6) is 0 Å². The van der Waals surface area contributed by atoms with E-state index in [1.807, 2.05) is 23.9 Å². The molecule has 3 nitrogen and oxygen atoms in total. The zero-order valence-electron chi connectivity index (χ0n) is 10.7. The van der Waals surface area contributed by atoms with E-state index >= 15 is 0 Å². The van der Waals surface area contributed by atoms with E-state index in [-0.39, 0.29) is 12.5 Å². The van der Waals surface area contributed by atoms with E-state index in [1.165, 1.54) is 12.2 Å². The van der Waals surface area contributed by atoms with Gasteiger partial charge in [0.05, 0.1) is 5.56 Å². The third-order valence-corrected chi connectivity index (χ3v) is 4.28. The molecule has 1 saturated heterocycles. The fourth-order valence-corrected chi connectivity index (χ4v) is 3.29. The van der Waals surface area contributed by atoms with Gasteiger partial charge >= 0.3 is 0 Å². The Morgan fingerprint density at radius 2 is 2.32 bits per heavy atom. The average molecular weight is 275 g/mol. The van der Waals surface area contributed by atoms with Crippen LogP contribution in [0.3, 0.4) is 0 Å². The zero-order valence-corrected chi connectivity index (χ0v) is 11.5. The number of nitrogens with one attached hydrogen (secondary N) is 1. The molecule has 0 aliphatic carbocycles. The van der Waals surface area contributed by atoms with Crippen molar-refractivity contribution in [3.63, 3.8) is 0 Å². The molecule has 0 radical (unpaired) electrons. The normalized spacial score (nSPS) is 17.6. The number of aliphatic hydroxyl groups excluding tert-OH is 1. The molecule has 1 aromatic rings. The van der Waals surface area contributed by atoms with Crippen molar-refractivity contribution in [3.05, 3.63) is 35.4 Å². The Balaban J connectivity index is 2.01. The van der Waals surface area contributed by atoms with E-state index < -0.39 is 0 Å². The molecule has 4 heteroatoms. The first-order chi connectivity index (χ1) is 9.31. The lowest BCUT2D eigenvalue weighted by atomic mass is 10.1. The largest absolute Gasteiger partial charge is 0.384 e. The third-order valence-electron chi connectivity index (χ3n) is 3.05. The first kappa shape index (κ1) is 14.0. The van der Waals surface area contributed by atoms with Gasteiger partial charge in [0, 0.05) is 12.1 Å². The fraction of sp³-hybridized carbons (Fsp3) is 0.400. The van der Waals surface area contributed by atoms with Crippen LogP contribution in [-0.4, -0.2) is 35.7 Å². The van der Waals surface area contributed by atoms with Gasteiger partial charge in [-0.05, 0) is 36.0 Å². The minimum atomic E-state index is -0.199. The van der Waals surface area contributed by atoms with Crippen molar-refractivity contribution in [2.24, 2.45) is 5.92 Å². The van der Waals surface area contributed by atoms with Gasteiger partial charge in [-0.25, -0.2) is 0 Å². The van der Waals surface area contributed by atoms with Gasteiger partial charge in [-0.15, -0.1) is 0 Å². The SMILES string of the molecule is O=C(NCC1CCSC1)c1ccccc1C#CCO. The van der Waals surface area contributed by atoms with Crippen molar-refractivity contribution >= 4 is 17.7 Å². The molecule has 1 unspecified atom stereocenters. The number of hydrogen-bond donors (Lipinski definition) is 2. The van der Waals surface area contributed by atoms with Crippen LogP contribution in [0.4, 0.5) is 0 Å². The van der Waals surface area contributed by atoms with E-state index in [0.717, 1.165) is 12.3 Å². The Bertz CT molecular complexity index is 498. The third kappa shape index (κ3) is 4.02. The summed E-state index contributed by atoms with van der Waals surface area (Å²) in [6.45, 7) is 0.531. The molecule has 0 spiro atoms. The summed E-state index contributed by atoms with van der Waals surface area (Å²) in [5, 5.41) is 11.7. The lowest BCUT2D eigenvalue weighted by Gasteiger charge is -2.10. The van der Waals surface area contributed by atoms with Crippen LogP contribution < -0.4 is 5.32 Å². The van der Waals surface area contributed by atoms with Gasteiger partial charge < -0.3 is 10.4 Å². The molecule has 19 heavy (non-hydrogen) atoms. The summed E-state index contributed by atoms with van der Waals surface area (Å²) in [7, 11) is 0. The van der Waals surface area contributed by atoms with Gasteiger partial charge in [0.2, 0.25) is 0 Å². The van der Waals surface area contributed by atoms with E-state index in [1.54, 1.807) is 12.1 Å². The van der Waals surface area contributed by atoms with Crippen LogP contribution in [0.15, 0.2) is 24.3 Å². The molecule has 1 amide bonds. The number of hydrogen-bond acceptors (Lipinski definition) is 3. The summed E-state index contributed by atoms with van der Waals surface area (Å²) in [6, 6.07) is 7.22. The predicted octanol–water partition coefficient (Wildman–Crippen LogP) is 1.51. The van der Waals surface area contributed by atoms with Crippen LogP contribution in [0.2, 0.25) is 0 Å². The van der Waals surface area contributed by atoms with Gasteiger partial charge in [-0.3, -0.25) is 4.79 Å². The predicted molar refractivity (Wildman–Crippen MR) is 78.2 cm³/mol. The quantitative estimate of drug-likeness (QED) is 0.822. The molecule has 1 aliphatic heterocycles. The Hall–Kier alpha value is -1.44. The lowest BCUT2D eigenvalue weighted by Crippen LogP contribution is -2.29. The summed E-state index contributed by atoms with van der Waals surface area (Å²) in [6.07, 6.45) is 1.18. The Morgan fingerprint density at radius 1 is 1.47 bits per heavy atom. The van der Waals surface area contributed by atoms with Crippen molar-refractivity contribution in [2.45, 2.75) is 6.42 Å². The molecule has 100 valence electrons. The number of amides is 1. The van der Waals surface area contributed by atoms with Crippen LogP contribution >= 0.6 is 11.8 Å². The molecule has 0 saturated carbocycles. The second-order valence-corrected chi connectivity index (χ2v) is 5.59. The minimum Gasteiger partial charge on any atom is -0.384 e. The second-order valence-electron chi connectivity index (χ2n) is 4.45. The summed E-state index contributed by atoms with van der Waals surface area (Å²) >= 11 is 1.94. The lowest BCUT2D eigenvalue weighted by molar-refractivity contribution is 0.0948. The Morgan fingerprint density at radius 3 is 3.05 bits per heavy atom. The van der Waals surface area contributed by atoms with Gasteiger partial charge in [0.25, 0.3) is 5.91 Å². The highest BCUT2D eigenvalue weighted by Crippen LogP contribution is 2.22. The number of benzene rings is 1. The second kappa shape index (κ2) is 7.22. The van der Waals surface area contributed by atoms with Crippen molar-refractivity contribution < 1.29 is 9.90 Å². The summed E-state index contributed by atoms with van der Waals surface area (Å²) < 4.78 is 0. The van der Waals surface area contributed by atoms with Gasteiger partial charge in [0.1, 0.15) is 6.61 Å². The van der Waals surface area contributed by atoms with Crippen molar-refractivity contribution in [1.29, 1.82) is 0 Å². The number of carbonyl (C=O) groups is 1. The molecule has 1 fully saturated rings. The topological polar surface area (TPSA) is 49.3 Å². The zero-order chi connectivity index (χ0) is 13.5. The molecule has 0 bridgehead atoms. The molecule has 1 heterocycles. The van der Waals surface area contributed by atoms with E-state index in [2.05, 4.69) is 17.2 Å². The molecule has 1 aliphatic rings. The fourth-order valence-electron chi connectivity index (χ4n) is 2.00. The molecule has 0 aromatic heterocycles. The van der Waals surface area contributed by atoms with Gasteiger partial charge in [-0.2, -0.15) is 11.8 Å². The van der Waals surface area contributed by atoms with Crippen molar-refractivity contribution in [2.75, 3.05) is 24.7 Å². The maximum absolute atomic E-state index is 12.1. The molecule has 2 rings (SSSR count). The van der Waals surface area contributed by atoms with Gasteiger partial charge in [-0.1, -0.05) is 24.0 Å². The summed E-state index contributed by atoms with van der Waals surface area (Å²) in [5.41, 5.74) is 1.24. The Kier molecular flexibility index (Phi) is 5.31. The molecule has 1 atom stereocenters. The molecule has 1 aromatic carbocycles. The Labute approximate surface area is 117 Å². The van der Waals surface area contributed by atoms with Crippen LogP contribution in [0.1, 0.15) is 22.3 Å². The highest BCUT2D eigenvalue weighted by molar-refractivity contribution is 7.99. The minimum absolute atomic E-state index is 0.0836. The monoisotopic (exact) mass is 275 g/mol. The first-order valence-electron chi connectivity index (χ1n) is 6.36. The maximum atomic E-state index is 12.1. The summed E-state index contributed by atoms with van der Waals surface area (Å²) in [5.74, 6) is 8.21. The number of thioether (sulfide) groups is 1. The number of rotatable bonds is 3. The van der Waals surface area contributed by atoms with E-state index in [9.17, 15) is 4.79 Å². The smallest absolute Gasteiger partial charge is 0.252 e. The summed E-state index contributed by atoms with van der Waals surface area (Å²) in [4.78, 5) is 12.1. The van der Waals surface area contributed by atoms with Crippen molar-refractivity contribution in [1.82, 2.24) is 5.32 Å². The highest BCUT2D eigenvalue weighted by Gasteiger charge is 2.17. The standard InChI is InChI=1S/C15H17NO2S/c17-8-3-5-13-4-1-2-6-14(13)15(18)16-10-12-7-9-19-11-12/h1-2,4,6,12,17H,7-11H2,(H,16,18). The number of aliphatic hydroxyl groups is 1. The maximum Gasteiger partial charge on any atom is 0.252 e. The van der Waals surface area contributed by atoms with E-state index in [4.69, 9.17) is 5.11 Å². The number of carbonyl (C=O) groups excluding carboxylic acids is 1. The van der Waals surface area contributed by atoms with E-state index in [0.29, 0.717) is 17.0 Å².